The average Bonchev–Trinajstić information content (AvgIpc) is 3.81. The Kier molecular flexibility index (Phi) is 7.70. The van der Waals surface area contributed by atoms with Gasteiger partial charge in [0.15, 0.2) is 11.6 Å². The predicted octanol–water partition coefficient (Wildman–Crippen LogP) is 12.2. The lowest BCUT2D eigenvalue weighted by Crippen LogP contribution is -2.28. The van der Waals surface area contributed by atoms with Gasteiger partial charge in [-0.3, -0.25) is 4.57 Å². The molecule has 58 heavy (non-hydrogen) atoms. The molecule has 2 aromatic heterocycles. The van der Waals surface area contributed by atoms with Gasteiger partial charge < -0.3 is 0 Å². The number of nitrogens with zero attached hydrogens (tertiary/aromatic N) is 5. The normalized spacial score (nSPS) is 12.6. The van der Waals surface area contributed by atoms with Crippen molar-refractivity contribution in [3.8, 4) is 57.0 Å². The van der Waals surface area contributed by atoms with E-state index in [9.17, 15) is 5.26 Å². The van der Waals surface area contributed by atoms with Crippen LogP contribution in [0, 0.1) is 11.3 Å². The zero-order chi connectivity index (χ0) is 38.6. The molecule has 0 bridgehead atoms. The van der Waals surface area contributed by atoms with Crippen LogP contribution in [0.1, 0.15) is 27.8 Å². The van der Waals surface area contributed by atoms with Crippen LogP contribution in [-0.2, 0) is 5.41 Å². The van der Waals surface area contributed by atoms with Gasteiger partial charge in [-0.1, -0.05) is 158 Å². The molecular formula is C53H33N5. The van der Waals surface area contributed by atoms with Crippen molar-refractivity contribution in [3.05, 3.63) is 228 Å². The van der Waals surface area contributed by atoms with E-state index in [2.05, 4.69) is 168 Å². The first-order valence-electron chi connectivity index (χ1n) is 19.4. The van der Waals surface area contributed by atoms with Crippen molar-refractivity contribution in [2.75, 3.05) is 0 Å². The zero-order valence-corrected chi connectivity index (χ0v) is 31.3. The Hall–Kier alpha value is -7.94. The van der Waals surface area contributed by atoms with Gasteiger partial charge >= 0.3 is 0 Å². The van der Waals surface area contributed by atoms with Gasteiger partial charge in [0.05, 0.1) is 28.1 Å². The Morgan fingerprint density at radius 1 is 0.448 bits per heavy atom. The average molecular weight is 740 g/mol. The Balaban J connectivity index is 1.21. The molecule has 5 nitrogen and oxygen atoms in total. The van der Waals surface area contributed by atoms with Gasteiger partial charge in [-0.05, 0) is 87.0 Å². The van der Waals surface area contributed by atoms with Crippen LogP contribution in [-0.4, -0.2) is 19.5 Å². The first-order chi connectivity index (χ1) is 28.7. The highest BCUT2D eigenvalue weighted by Crippen LogP contribution is 2.58. The van der Waals surface area contributed by atoms with Crippen LogP contribution >= 0.6 is 0 Å². The molecule has 1 aliphatic carbocycles. The molecule has 1 aliphatic rings. The minimum Gasteiger partial charge on any atom is -0.278 e. The van der Waals surface area contributed by atoms with Crippen LogP contribution in [0.15, 0.2) is 200 Å². The number of benzene rings is 8. The summed E-state index contributed by atoms with van der Waals surface area (Å²) in [5, 5.41) is 11.9. The summed E-state index contributed by atoms with van der Waals surface area (Å²) < 4.78 is 2.19. The van der Waals surface area contributed by atoms with E-state index in [0.717, 1.165) is 44.1 Å². The first kappa shape index (κ1) is 33.4. The minimum absolute atomic E-state index is 0.518. The fourth-order valence-corrected chi connectivity index (χ4v) is 9.09. The third kappa shape index (κ3) is 5.06. The van der Waals surface area contributed by atoms with E-state index in [-0.39, 0.29) is 0 Å². The van der Waals surface area contributed by atoms with Gasteiger partial charge in [0.2, 0.25) is 5.95 Å². The molecule has 2 heterocycles. The van der Waals surface area contributed by atoms with Gasteiger partial charge in [0.1, 0.15) is 0 Å². The third-order valence-corrected chi connectivity index (χ3v) is 11.6. The molecule has 0 aliphatic heterocycles. The number of para-hydroxylation sites is 1. The number of nitriles is 1. The molecule has 11 rings (SSSR count). The molecule has 270 valence electrons. The second kappa shape index (κ2) is 13.4. The maximum atomic E-state index is 9.58. The quantitative estimate of drug-likeness (QED) is 0.170. The lowest BCUT2D eigenvalue weighted by atomic mass is 9.67. The van der Waals surface area contributed by atoms with E-state index >= 15 is 0 Å². The maximum absolute atomic E-state index is 9.58. The van der Waals surface area contributed by atoms with E-state index in [1.54, 1.807) is 12.1 Å². The van der Waals surface area contributed by atoms with Crippen molar-refractivity contribution in [2.45, 2.75) is 5.41 Å². The van der Waals surface area contributed by atoms with Crippen molar-refractivity contribution in [2.24, 2.45) is 0 Å². The van der Waals surface area contributed by atoms with Crippen LogP contribution in [0.5, 0.6) is 0 Å². The van der Waals surface area contributed by atoms with Crippen molar-refractivity contribution in [1.29, 1.82) is 5.26 Å². The number of fused-ring (bicyclic) bond motifs is 7. The number of hydrogen-bond acceptors (Lipinski definition) is 4. The Morgan fingerprint density at radius 2 is 1.05 bits per heavy atom. The van der Waals surface area contributed by atoms with Crippen LogP contribution in [0.25, 0.3) is 72.8 Å². The standard InChI is InChI=1S/C53H33N5/c54-34-35-27-29-37(30-28-35)50-55-51(39-18-14-17-38(33-39)36-15-4-1-5-16-36)57-52(56-50)58-46-26-13-11-24-43(46)49-47(58)32-31-45-48(49)42-23-10-12-25-44(42)53(45,40-19-6-2-7-20-40)41-21-8-3-9-22-41/h1-33H. The smallest absolute Gasteiger partial charge is 0.238 e. The van der Waals surface area contributed by atoms with Gasteiger partial charge in [0, 0.05) is 21.9 Å². The second-order valence-electron chi connectivity index (χ2n) is 14.7. The number of rotatable bonds is 6. The molecule has 8 aromatic carbocycles. The molecular weight excluding hydrogens is 707 g/mol. The SMILES string of the molecule is N#Cc1ccc(-c2nc(-c3cccc(-c4ccccc4)c3)nc(-n3c4ccccc4c4c5c(ccc43)C(c3ccccc3)(c3ccccc3)c3ccccc3-5)n2)cc1. The van der Waals surface area contributed by atoms with Crippen LogP contribution in [0.4, 0.5) is 0 Å². The predicted molar refractivity (Wildman–Crippen MR) is 232 cm³/mol. The largest absolute Gasteiger partial charge is 0.278 e. The van der Waals surface area contributed by atoms with Crippen LogP contribution in [0.3, 0.4) is 0 Å². The van der Waals surface area contributed by atoms with Crippen LogP contribution in [0.2, 0.25) is 0 Å². The molecule has 0 N–H and O–H groups in total. The summed E-state index contributed by atoms with van der Waals surface area (Å²) >= 11 is 0. The molecule has 10 aromatic rings. The molecule has 0 unspecified atom stereocenters. The highest BCUT2D eigenvalue weighted by atomic mass is 15.2. The van der Waals surface area contributed by atoms with Crippen molar-refractivity contribution < 1.29 is 0 Å². The molecule has 0 amide bonds. The molecule has 0 fully saturated rings. The molecule has 0 radical (unpaired) electrons. The molecule has 0 atom stereocenters. The lowest BCUT2D eigenvalue weighted by Gasteiger charge is -2.33. The van der Waals surface area contributed by atoms with Crippen molar-refractivity contribution >= 4 is 21.8 Å². The molecule has 0 saturated heterocycles. The van der Waals surface area contributed by atoms with Crippen molar-refractivity contribution in [1.82, 2.24) is 19.5 Å². The summed E-state index contributed by atoms with van der Waals surface area (Å²) in [7, 11) is 0. The summed E-state index contributed by atoms with van der Waals surface area (Å²) in [6, 6.07) is 72.2. The van der Waals surface area contributed by atoms with Gasteiger partial charge in [-0.2, -0.15) is 15.2 Å². The Morgan fingerprint density at radius 3 is 1.78 bits per heavy atom. The van der Waals surface area contributed by atoms with Crippen molar-refractivity contribution in [3.63, 3.8) is 0 Å². The monoisotopic (exact) mass is 739 g/mol. The summed E-state index contributed by atoms with van der Waals surface area (Å²) in [5.41, 5.74) is 13.3. The van der Waals surface area contributed by atoms with E-state index in [4.69, 9.17) is 15.0 Å². The highest BCUT2D eigenvalue weighted by Gasteiger charge is 2.47. The van der Waals surface area contributed by atoms with Gasteiger partial charge in [-0.25, -0.2) is 4.98 Å². The number of aromatic nitrogens is 4. The van der Waals surface area contributed by atoms with Gasteiger partial charge in [-0.15, -0.1) is 0 Å². The molecule has 5 heteroatoms. The van der Waals surface area contributed by atoms with E-state index in [1.165, 1.54) is 33.4 Å². The topological polar surface area (TPSA) is 67.4 Å². The first-order valence-corrected chi connectivity index (χ1v) is 19.4. The number of hydrogen-bond donors (Lipinski definition) is 0. The zero-order valence-electron chi connectivity index (χ0n) is 31.3. The summed E-state index contributed by atoms with van der Waals surface area (Å²) in [6.45, 7) is 0. The van der Waals surface area contributed by atoms with Gasteiger partial charge in [0.25, 0.3) is 0 Å². The molecule has 0 spiro atoms. The summed E-state index contributed by atoms with van der Waals surface area (Å²) in [5.74, 6) is 1.61. The lowest BCUT2D eigenvalue weighted by molar-refractivity contribution is 0.769. The Bertz CT molecular complexity index is 3180. The fraction of sp³-hybridized carbons (Fsp3) is 0.0189. The Labute approximate surface area is 335 Å². The fourth-order valence-electron chi connectivity index (χ4n) is 9.09. The molecule has 0 saturated carbocycles. The maximum Gasteiger partial charge on any atom is 0.238 e. The minimum atomic E-state index is -0.529. The van der Waals surface area contributed by atoms with E-state index < -0.39 is 5.41 Å². The van der Waals surface area contributed by atoms with Crippen LogP contribution < -0.4 is 0 Å². The summed E-state index contributed by atoms with van der Waals surface area (Å²) in [4.78, 5) is 15.6. The third-order valence-electron chi connectivity index (χ3n) is 11.6. The summed E-state index contributed by atoms with van der Waals surface area (Å²) in [6.07, 6.45) is 0. The highest BCUT2D eigenvalue weighted by molar-refractivity contribution is 6.18. The second-order valence-corrected chi connectivity index (χ2v) is 14.7. The van der Waals surface area contributed by atoms with E-state index in [1.807, 2.05) is 30.3 Å². The van der Waals surface area contributed by atoms with E-state index in [0.29, 0.717) is 23.2 Å².